The van der Waals surface area contributed by atoms with Crippen LogP contribution in [0.1, 0.15) is 10.5 Å². The molecule has 90 valence electrons. The summed E-state index contributed by atoms with van der Waals surface area (Å²) in [5.74, 6) is -1.06. The zero-order chi connectivity index (χ0) is 12.7. The molecular weight excluding hydrogens is 318 g/mol. The lowest BCUT2D eigenvalue weighted by Gasteiger charge is -2.00. The van der Waals surface area contributed by atoms with Gasteiger partial charge in [-0.05, 0) is 28.1 Å². The minimum absolute atomic E-state index is 0.00873. The number of hydrogen-bond donors (Lipinski definition) is 1. The first-order valence-corrected chi connectivity index (χ1v) is 6.65. The van der Waals surface area contributed by atoms with Crippen LogP contribution in [-0.2, 0) is 0 Å². The first-order chi connectivity index (χ1) is 8.65. The molecule has 3 rings (SSSR count). The summed E-state index contributed by atoms with van der Waals surface area (Å²) in [6, 6.07) is 5.22. The maximum Gasteiger partial charge on any atom is 0.356 e. The van der Waals surface area contributed by atoms with Crippen LogP contribution in [0.5, 0.6) is 0 Å². The number of carboxylic acid groups (broad SMARTS) is 1. The van der Waals surface area contributed by atoms with Crippen LogP contribution in [0.3, 0.4) is 0 Å². The van der Waals surface area contributed by atoms with E-state index in [0.29, 0.717) is 5.65 Å². The van der Waals surface area contributed by atoms with Gasteiger partial charge >= 0.3 is 5.97 Å². The van der Waals surface area contributed by atoms with Crippen molar-refractivity contribution in [3.63, 3.8) is 0 Å². The molecule has 3 aromatic rings. The van der Waals surface area contributed by atoms with Gasteiger partial charge in [-0.25, -0.2) is 14.3 Å². The van der Waals surface area contributed by atoms with E-state index in [1.807, 2.05) is 17.5 Å². The molecule has 7 heteroatoms. The van der Waals surface area contributed by atoms with E-state index in [1.54, 1.807) is 22.0 Å². The molecule has 0 atom stereocenters. The summed E-state index contributed by atoms with van der Waals surface area (Å²) in [5.41, 5.74) is 1.34. The number of aromatic carboxylic acids is 1. The zero-order valence-corrected chi connectivity index (χ0v) is 11.3. The van der Waals surface area contributed by atoms with Crippen molar-refractivity contribution in [2.24, 2.45) is 0 Å². The Kier molecular flexibility index (Phi) is 2.64. The number of nitrogens with zero attached hydrogens (tertiary/aromatic N) is 3. The lowest BCUT2D eigenvalue weighted by molar-refractivity contribution is 0.0690. The van der Waals surface area contributed by atoms with Crippen LogP contribution in [0.2, 0.25) is 0 Å². The lowest BCUT2D eigenvalue weighted by atomic mass is 10.3. The van der Waals surface area contributed by atoms with Gasteiger partial charge in [0.05, 0.1) is 10.6 Å². The van der Waals surface area contributed by atoms with Crippen molar-refractivity contribution in [3.05, 3.63) is 39.9 Å². The second-order valence-corrected chi connectivity index (χ2v) is 5.39. The number of rotatable bonds is 2. The number of fused-ring (bicyclic) bond motifs is 1. The maximum atomic E-state index is 10.9. The van der Waals surface area contributed by atoms with E-state index in [9.17, 15) is 4.79 Å². The molecule has 0 aliphatic rings. The molecule has 0 unspecified atom stereocenters. The van der Waals surface area contributed by atoms with Crippen molar-refractivity contribution in [1.82, 2.24) is 14.6 Å². The highest BCUT2D eigenvalue weighted by Gasteiger charge is 2.13. The molecular formula is C11H6BrN3O2S. The van der Waals surface area contributed by atoms with Gasteiger partial charge in [-0.2, -0.15) is 5.10 Å². The predicted molar refractivity (Wildman–Crippen MR) is 71.0 cm³/mol. The molecule has 0 aliphatic carbocycles. The summed E-state index contributed by atoms with van der Waals surface area (Å²) < 4.78 is 2.53. The molecule has 0 bridgehead atoms. The highest BCUT2D eigenvalue weighted by molar-refractivity contribution is 9.10. The first-order valence-electron chi connectivity index (χ1n) is 4.97. The lowest BCUT2D eigenvalue weighted by Crippen LogP contribution is -1.99. The molecule has 0 aliphatic heterocycles. The molecule has 0 amide bonds. The summed E-state index contributed by atoms with van der Waals surface area (Å²) in [5, 5.41) is 14.9. The quantitative estimate of drug-likeness (QED) is 0.787. The smallest absolute Gasteiger partial charge is 0.356 e. The van der Waals surface area contributed by atoms with Crippen LogP contribution < -0.4 is 0 Å². The molecule has 0 saturated heterocycles. The van der Waals surface area contributed by atoms with Crippen LogP contribution >= 0.6 is 27.3 Å². The zero-order valence-electron chi connectivity index (χ0n) is 8.87. The fraction of sp³-hybridized carbons (Fsp3) is 0. The number of aromatic nitrogens is 3. The maximum absolute atomic E-state index is 10.9. The Morgan fingerprint density at radius 3 is 2.94 bits per heavy atom. The van der Waals surface area contributed by atoms with Crippen molar-refractivity contribution >= 4 is 38.9 Å². The van der Waals surface area contributed by atoms with E-state index in [2.05, 4.69) is 26.0 Å². The van der Waals surface area contributed by atoms with Crippen LogP contribution in [0.4, 0.5) is 0 Å². The molecule has 1 N–H and O–H groups in total. The number of hydrogen-bond acceptors (Lipinski definition) is 4. The molecule has 18 heavy (non-hydrogen) atoms. The summed E-state index contributed by atoms with van der Waals surface area (Å²) in [7, 11) is 0. The normalized spacial score (nSPS) is 10.9. The van der Waals surface area contributed by atoms with Gasteiger partial charge in [-0.15, -0.1) is 11.3 Å². The first kappa shape index (κ1) is 11.4. The third-order valence-electron chi connectivity index (χ3n) is 2.40. The Morgan fingerprint density at radius 2 is 2.28 bits per heavy atom. The second-order valence-electron chi connectivity index (χ2n) is 3.56. The van der Waals surface area contributed by atoms with Crippen LogP contribution in [0.25, 0.3) is 16.2 Å². The molecule has 0 radical (unpaired) electrons. The third-order valence-corrected chi connectivity index (χ3v) is 4.11. The molecule has 0 saturated carbocycles. The Labute approximate surface area is 114 Å². The van der Waals surface area contributed by atoms with Crippen LogP contribution in [0.15, 0.2) is 34.2 Å². The molecule has 3 aromatic heterocycles. The minimum Gasteiger partial charge on any atom is -0.476 e. The SMILES string of the molecule is O=C(O)c1cc2nccc(-c3cc(Br)cs3)n2n1. The number of carboxylic acids is 1. The fourth-order valence-corrected chi connectivity index (χ4v) is 3.07. The Morgan fingerprint density at radius 1 is 1.44 bits per heavy atom. The highest BCUT2D eigenvalue weighted by Crippen LogP contribution is 2.29. The number of thiophene rings is 1. The van der Waals surface area contributed by atoms with Crippen molar-refractivity contribution < 1.29 is 9.90 Å². The van der Waals surface area contributed by atoms with E-state index in [1.165, 1.54) is 6.07 Å². The number of carbonyl (C=O) groups is 1. The molecule has 0 fully saturated rings. The van der Waals surface area contributed by atoms with Crippen molar-refractivity contribution in [2.45, 2.75) is 0 Å². The molecule has 3 heterocycles. The fourth-order valence-electron chi connectivity index (χ4n) is 1.63. The Balaban J connectivity index is 2.26. The average molecular weight is 324 g/mol. The largest absolute Gasteiger partial charge is 0.476 e. The van der Waals surface area contributed by atoms with Gasteiger partial charge in [0.25, 0.3) is 0 Å². The van der Waals surface area contributed by atoms with Crippen molar-refractivity contribution in [1.29, 1.82) is 0 Å². The van der Waals surface area contributed by atoms with Crippen molar-refractivity contribution in [3.8, 4) is 10.6 Å². The molecule has 5 nitrogen and oxygen atoms in total. The van der Waals surface area contributed by atoms with E-state index >= 15 is 0 Å². The van der Waals surface area contributed by atoms with E-state index in [-0.39, 0.29) is 5.69 Å². The summed E-state index contributed by atoms with van der Waals surface area (Å²) in [6.07, 6.45) is 1.64. The van der Waals surface area contributed by atoms with Gasteiger partial charge in [-0.1, -0.05) is 0 Å². The topological polar surface area (TPSA) is 67.5 Å². The van der Waals surface area contributed by atoms with Gasteiger partial charge in [0.15, 0.2) is 11.3 Å². The monoisotopic (exact) mass is 323 g/mol. The highest BCUT2D eigenvalue weighted by atomic mass is 79.9. The molecule has 0 aromatic carbocycles. The van der Waals surface area contributed by atoms with Gasteiger partial charge in [0.2, 0.25) is 0 Å². The Bertz CT molecular complexity index is 750. The summed E-state index contributed by atoms with van der Waals surface area (Å²) in [6.45, 7) is 0. The van der Waals surface area contributed by atoms with Gasteiger partial charge < -0.3 is 5.11 Å². The standard InChI is InChI=1S/C11H6BrN3O2S/c12-6-3-9(18-5-6)8-1-2-13-10-4-7(11(16)17)14-15(8)10/h1-5H,(H,16,17). The van der Waals surface area contributed by atoms with Gasteiger partial charge in [-0.3, -0.25) is 0 Å². The van der Waals surface area contributed by atoms with Crippen LogP contribution in [-0.4, -0.2) is 25.7 Å². The van der Waals surface area contributed by atoms with E-state index in [4.69, 9.17) is 5.11 Å². The second kappa shape index (κ2) is 4.18. The Hall–Kier alpha value is -1.73. The summed E-state index contributed by atoms with van der Waals surface area (Å²) in [4.78, 5) is 16.0. The van der Waals surface area contributed by atoms with Crippen LogP contribution in [0, 0.1) is 0 Å². The minimum atomic E-state index is -1.06. The van der Waals surface area contributed by atoms with Gasteiger partial charge in [0.1, 0.15) is 0 Å². The summed E-state index contributed by atoms with van der Waals surface area (Å²) >= 11 is 4.95. The third kappa shape index (κ3) is 1.81. The average Bonchev–Trinajstić information content (AvgIpc) is 2.94. The van der Waals surface area contributed by atoms with E-state index in [0.717, 1.165) is 15.0 Å². The van der Waals surface area contributed by atoms with Crippen molar-refractivity contribution in [2.75, 3.05) is 0 Å². The predicted octanol–water partition coefficient (Wildman–Crippen LogP) is 2.92. The number of halogens is 1. The molecule has 0 spiro atoms. The van der Waals surface area contributed by atoms with Gasteiger partial charge in [0, 0.05) is 22.1 Å². The van der Waals surface area contributed by atoms with E-state index < -0.39 is 5.97 Å².